The molecule has 100 valence electrons. The molecule has 0 aliphatic rings. The summed E-state index contributed by atoms with van der Waals surface area (Å²) in [6.07, 6.45) is 0. The lowest BCUT2D eigenvalue weighted by molar-refractivity contribution is -0.401. The SMILES string of the molecule is Cc1ccccc1-n1nnnc1-c1ccc([N+](=O)[O-])o1. The minimum absolute atomic E-state index is 0.241. The number of hydrogen-bond donors (Lipinski definition) is 0. The maximum Gasteiger partial charge on any atom is 0.433 e. The van der Waals surface area contributed by atoms with E-state index < -0.39 is 4.92 Å². The van der Waals surface area contributed by atoms with Gasteiger partial charge in [-0.15, -0.1) is 5.10 Å². The number of hydrogen-bond acceptors (Lipinski definition) is 6. The zero-order valence-corrected chi connectivity index (χ0v) is 10.4. The maximum atomic E-state index is 10.6. The van der Waals surface area contributed by atoms with Crippen LogP contribution in [0.5, 0.6) is 0 Å². The molecule has 8 nitrogen and oxygen atoms in total. The van der Waals surface area contributed by atoms with E-state index in [0.717, 1.165) is 11.3 Å². The van der Waals surface area contributed by atoms with E-state index in [1.165, 1.54) is 16.8 Å². The zero-order chi connectivity index (χ0) is 14.1. The molecule has 0 bridgehead atoms. The molecule has 1 aromatic carbocycles. The fraction of sp³-hybridized carbons (Fsp3) is 0.0833. The topological polar surface area (TPSA) is 99.9 Å². The van der Waals surface area contributed by atoms with Crippen molar-refractivity contribution in [1.29, 1.82) is 0 Å². The van der Waals surface area contributed by atoms with Crippen LogP contribution in [-0.4, -0.2) is 25.1 Å². The quantitative estimate of drug-likeness (QED) is 0.534. The third kappa shape index (κ3) is 1.92. The molecule has 0 saturated carbocycles. The van der Waals surface area contributed by atoms with Gasteiger partial charge < -0.3 is 4.42 Å². The summed E-state index contributed by atoms with van der Waals surface area (Å²) in [4.78, 5) is 10.0. The fourth-order valence-electron chi connectivity index (χ4n) is 1.85. The van der Waals surface area contributed by atoms with Gasteiger partial charge in [0, 0.05) is 0 Å². The molecule has 3 rings (SSSR count). The van der Waals surface area contributed by atoms with Crippen molar-refractivity contribution in [3.8, 4) is 17.3 Å². The molecule has 2 aromatic heterocycles. The highest BCUT2D eigenvalue weighted by Crippen LogP contribution is 2.26. The predicted octanol–water partition coefficient (Wildman–Crippen LogP) is 2.14. The van der Waals surface area contributed by atoms with Crippen molar-refractivity contribution in [3.63, 3.8) is 0 Å². The van der Waals surface area contributed by atoms with Crippen molar-refractivity contribution in [2.24, 2.45) is 0 Å². The Morgan fingerprint density at radius 2 is 2.05 bits per heavy atom. The van der Waals surface area contributed by atoms with Gasteiger partial charge in [-0.2, -0.15) is 4.68 Å². The molecule has 0 spiro atoms. The van der Waals surface area contributed by atoms with Crippen LogP contribution in [0.1, 0.15) is 5.56 Å². The van der Waals surface area contributed by atoms with Crippen LogP contribution in [-0.2, 0) is 0 Å². The van der Waals surface area contributed by atoms with Crippen molar-refractivity contribution in [2.75, 3.05) is 0 Å². The van der Waals surface area contributed by atoms with Crippen molar-refractivity contribution in [2.45, 2.75) is 6.92 Å². The van der Waals surface area contributed by atoms with E-state index in [1.54, 1.807) is 0 Å². The smallest absolute Gasteiger partial charge is 0.397 e. The highest BCUT2D eigenvalue weighted by Gasteiger charge is 2.19. The molecular weight excluding hydrogens is 262 g/mol. The molecule has 3 aromatic rings. The monoisotopic (exact) mass is 271 g/mol. The van der Waals surface area contributed by atoms with E-state index in [4.69, 9.17) is 4.42 Å². The lowest BCUT2D eigenvalue weighted by Gasteiger charge is -2.05. The number of para-hydroxylation sites is 1. The van der Waals surface area contributed by atoms with Crippen molar-refractivity contribution >= 4 is 5.88 Å². The van der Waals surface area contributed by atoms with Gasteiger partial charge in [0.15, 0.2) is 5.76 Å². The molecule has 0 N–H and O–H groups in total. The molecule has 0 aliphatic carbocycles. The van der Waals surface area contributed by atoms with Gasteiger partial charge in [0.2, 0.25) is 5.82 Å². The van der Waals surface area contributed by atoms with Crippen LogP contribution in [0, 0.1) is 17.0 Å². The van der Waals surface area contributed by atoms with Crippen LogP contribution in [0.25, 0.3) is 17.3 Å². The highest BCUT2D eigenvalue weighted by atomic mass is 16.6. The molecule has 0 radical (unpaired) electrons. The molecule has 8 heteroatoms. The predicted molar refractivity (Wildman–Crippen MR) is 68.2 cm³/mol. The van der Waals surface area contributed by atoms with Crippen LogP contribution < -0.4 is 0 Å². The van der Waals surface area contributed by atoms with Crippen LogP contribution >= 0.6 is 0 Å². The first-order chi connectivity index (χ1) is 9.66. The second kappa shape index (κ2) is 4.57. The largest absolute Gasteiger partial charge is 0.433 e. The number of benzene rings is 1. The summed E-state index contributed by atoms with van der Waals surface area (Å²) >= 11 is 0. The second-order valence-electron chi connectivity index (χ2n) is 4.10. The average Bonchev–Trinajstić information content (AvgIpc) is 3.07. The molecule has 0 saturated heterocycles. The standard InChI is InChI=1S/C12H9N5O3/c1-8-4-2-3-5-9(8)16-12(13-14-15-16)10-6-7-11(20-10)17(18)19/h2-7H,1H3. The van der Waals surface area contributed by atoms with Crippen molar-refractivity contribution < 1.29 is 9.34 Å². The summed E-state index contributed by atoms with van der Waals surface area (Å²) in [7, 11) is 0. The van der Waals surface area contributed by atoms with Gasteiger partial charge in [0.05, 0.1) is 11.8 Å². The van der Waals surface area contributed by atoms with Crippen LogP contribution in [0.4, 0.5) is 5.88 Å². The Balaban J connectivity index is 2.10. The van der Waals surface area contributed by atoms with Crippen LogP contribution in [0.2, 0.25) is 0 Å². The molecule has 2 heterocycles. The minimum Gasteiger partial charge on any atom is -0.397 e. The maximum absolute atomic E-state index is 10.6. The van der Waals surface area contributed by atoms with Crippen LogP contribution in [0.3, 0.4) is 0 Å². The third-order valence-electron chi connectivity index (χ3n) is 2.81. The number of tetrazole rings is 1. The van der Waals surface area contributed by atoms with Crippen LogP contribution in [0.15, 0.2) is 40.8 Å². The molecule has 0 amide bonds. The Morgan fingerprint density at radius 3 is 2.75 bits per heavy atom. The Labute approximate surface area is 112 Å². The zero-order valence-electron chi connectivity index (χ0n) is 10.4. The van der Waals surface area contributed by atoms with E-state index in [-0.39, 0.29) is 11.6 Å². The number of rotatable bonds is 3. The fourth-order valence-corrected chi connectivity index (χ4v) is 1.85. The number of aryl methyl sites for hydroxylation is 1. The van der Waals surface area contributed by atoms with Gasteiger partial charge in [0.25, 0.3) is 0 Å². The molecule has 0 atom stereocenters. The van der Waals surface area contributed by atoms with Gasteiger partial charge in [0.1, 0.15) is 4.92 Å². The van der Waals surface area contributed by atoms with E-state index in [0.29, 0.717) is 5.82 Å². The lowest BCUT2D eigenvalue weighted by atomic mass is 10.2. The minimum atomic E-state index is -0.606. The summed E-state index contributed by atoms with van der Waals surface area (Å²) in [5.74, 6) is 0.205. The summed E-state index contributed by atoms with van der Waals surface area (Å²) in [6, 6.07) is 10.3. The Kier molecular flexibility index (Phi) is 2.75. The number of nitrogens with zero attached hydrogens (tertiary/aromatic N) is 5. The van der Waals surface area contributed by atoms with E-state index in [2.05, 4.69) is 15.5 Å². The first kappa shape index (κ1) is 12.0. The van der Waals surface area contributed by atoms with Gasteiger partial charge in [-0.25, -0.2) is 0 Å². The molecular formula is C12H9N5O3. The van der Waals surface area contributed by atoms with Gasteiger partial charge in [-0.3, -0.25) is 10.1 Å². The molecule has 0 aliphatic heterocycles. The summed E-state index contributed by atoms with van der Waals surface area (Å²) in [5.41, 5.74) is 1.76. The van der Waals surface area contributed by atoms with E-state index in [1.807, 2.05) is 31.2 Å². The Hall–Kier alpha value is -3.03. The van der Waals surface area contributed by atoms with Gasteiger partial charge in [-0.05, 0) is 35.0 Å². The second-order valence-corrected chi connectivity index (χ2v) is 4.10. The first-order valence-electron chi connectivity index (χ1n) is 5.76. The summed E-state index contributed by atoms with van der Waals surface area (Å²) in [6.45, 7) is 1.92. The summed E-state index contributed by atoms with van der Waals surface area (Å²) < 4.78 is 6.61. The van der Waals surface area contributed by atoms with Gasteiger partial charge >= 0.3 is 5.88 Å². The van der Waals surface area contributed by atoms with Crippen molar-refractivity contribution in [1.82, 2.24) is 20.2 Å². The average molecular weight is 271 g/mol. The van der Waals surface area contributed by atoms with Gasteiger partial charge in [-0.1, -0.05) is 18.2 Å². The highest BCUT2D eigenvalue weighted by molar-refractivity contribution is 5.53. The number of aromatic nitrogens is 4. The summed E-state index contributed by atoms with van der Waals surface area (Å²) in [5, 5.41) is 22.0. The van der Waals surface area contributed by atoms with E-state index in [9.17, 15) is 10.1 Å². The molecule has 0 fully saturated rings. The number of nitro groups is 1. The normalized spacial score (nSPS) is 10.7. The Morgan fingerprint density at radius 1 is 1.25 bits per heavy atom. The number of furan rings is 1. The molecule has 0 unspecified atom stereocenters. The van der Waals surface area contributed by atoms with Crippen molar-refractivity contribution in [3.05, 3.63) is 52.1 Å². The molecule has 20 heavy (non-hydrogen) atoms. The van der Waals surface area contributed by atoms with E-state index >= 15 is 0 Å². The Bertz CT molecular complexity index is 777. The first-order valence-corrected chi connectivity index (χ1v) is 5.76. The third-order valence-corrected chi connectivity index (χ3v) is 2.81. The lowest BCUT2D eigenvalue weighted by Crippen LogP contribution is -2.01.